The van der Waals surface area contributed by atoms with Gasteiger partial charge >= 0.3 is 0 Å². The van der Waals surface area contributed by atoms with Gasteiger partial charge in [-0.05, 0) is 50.7 Å². The number of rotatable bonds is 5. The summed E-state index contributed by atoms with van der Waals surface area (Å²) in [5, 5.41) is 0. The molecule has 0 radical (unpaired) electrons. The number of nitrogens with zero attached hydrogens (tertiary/aromatic N) is 2. The molecule has 5 nitrogen and oxygen atoms in total. The first-order chi connectivity index (χ1) is 10.0. The minimum Gasteiger partial charge on any atom is -0.497 e. The zero-order valence-corrected chi connectivity index (χ0v) is 13.6. The maximum atomic E-state index is 5.83. The van der Waals surface area contributed by atoms with Crippen LogP contribution in [0.25, 0.3) is 0 Å². The number of nitrogens with two attached hydrogens (primary N) is 1. The molecule has 0 aromatic heterocycles. The Bertz CT molecular complexity index is 466. The van der Waals surface area contributed by atoms with Gasteiger partial charge in [0.05, 0.1) is 7.11 Å². The molecule has 2 unspecified atom stereocenters. The van der Waals surface area contributed by atoms with E-state index < -0.39 is 0 Å². The molecule has 0 bridgehead atoms. The van der Waals surface area contributed by atoms with Crippen molar-refractivity contribution in [2.75, 3.05) is 40.8 Å². The number of piperazine rings is 1. The summed E-state index contributed by atoms with van der Waals surface area (Å²) in [6, 6.07) is 6.87. The normalized spacial score (nSPS) is 22.2. The summed E-state index contributed by atoms with van der Waals surface area (Å²) < 4.78 is 5.28. The van der Waals surface area contributed by atoms with Crippen LogP contribution in [0.1, 0.15) is 23.6 Å². The molecule has 1 heterocycles. The van der Waals surface area contributed by atoms with E-state index in [-0.39, 0.29) is 6.04 Å². The van der Waals surface area contributed by atoms with Crippen LogP contribution in [0.2, 0.25) is 0 Å². The van der Waals surface area contributed by atoms with E-state index in [1.807, 2.05) is 6.07 Å². The lowest BCUT2D eigenvalue weighted by Crippen LogP contribution is -2.51. The third-order valence-corrected chi connectivity index (χ3v) is 4.54. The van der Waals surface area contributed by atoms with Crippen molar-refractivity contribution in [1.82, 2.24) is 15.2 Å². The zero-order valence-electron chi connectivity index (χ0n) is 13.6. The van der Waals surface area contributed by atoms with Crippen molar-refractivity contribution in [3.8, 4) is 5.75 Å². The molecule has 2 rings (SSSR count). The number of hydrazine groups is 1. The predicted octanol–water partition coefficient (Wildman–Crippen LogP) is 1.14. The lowest BCUT2D eigenvalue weighted by atomic mass is 9.94. The zero-order chi connectivity index (χ0) is 15.4. The van der Waals surface area contributed by atoms with Crippen molar-refractivity contribution in [3.63, 3.8) is 0 Å². The molecule has 118 valence electrons. The summed E-state index contributed by atoms with van der Waals surface area (Å²) in [5.74, 6) is 6.72. The fraction of sp³-hybridized carbons (Fsp3) is 0.625. The molecule has 3 N–H and O–H groups in total. The Balaban J connectivity index is 2.12. The summed E-state index contributed by atoms with van der Waals surface area (Å²) >= 11 is 0. The van der Waals surface area contributed by atoms with Gasteiger partial charge in [-0.1, -0.05) is 6.07 Å². The van der Waals surface area contributed by atoms with Crippen LogP contribution in [0, 0.1) is 6.92 Å². The van der Waals surface area contributed by atoms with Crippen LogP contribution >= 0.6 is 0 Å². The Kier molecular flexibility index (Phi) is 5.58. The number of likely N-dealkylation sites (N-methyl/N-ethyl adjacent to an activating group) is 2. The average molecular weight is 292 g/mol. The number of hydrogen-bond donors (Lipinski definition) is 2. The second-order valence-corrected chi connectivity index (χ2v) is 6.07. The fourth-order valence-corrected chi connectivity index (χ4v) is 3.08. The Morgan fingerprint density at radius 3 is 2.76 bits per heavy atom. The van der Waals surface area contributed by atoms with Gasteiger partial charge in [-0.2, -0.15) is 0 Å². The summed E-state index contributed by atoms with van der Waals surface area (Å²) in [4.78, 5) is 4.82. The number of aryl methyl sites for hydroxylation is 1. The molecule has 2 atom stereocenters. The topological polar surface area (TPSA) is 53.8 Å². The Labute approximate surface area is 128 Å². The smallest absolute Gasteiger partial charge is 0.119 e. The highest BCUT2D eigenvalue weighted by Crippen LogP contribution is 2.27. The highest BCUT2D eigenvalue weighted by Gasteiger charge is 2.26. The van der Waals surface area contributed by atoms with Crippen LogP contribution in [0.4, 0.5) is 0 Å². The van der Waals surface area contributed by atoms with Gasteiger partial charge in [-0.3, -0.25) is 11.3 Å². The van der Waals surface area contributed by atoms with Crippen molar-refractivity contribution < 1.29 is 4.74 Å². The van der Waals surface area contributed by atoms with Crippen molar-refractivity contribution >= 4 is 0 Å². The van der Waals surface area contributed by atoms with E-state index in [0.29, 0.717) is 6.04 Å². The van der Waals surface area contributed by atoms with E-state index in [2.05, 4.69) is 48.4 Å². The van der Waals surface area contributed by atoms with E-state index in [1.165, 1.54) is 11.1 Å². The van der Waals surface area contributed by atoms with Crippen LogP contribution < -0.4 is 16.0 Å². The van der Waals surface area contributed by atoms with E-state index in [1.54, 1.807) is 7.11 Å². The lowest BCUT2D eigenvalue weighted by Gasteiger charge is -2.39. The molecular formula is C16H28N4O. The highest BCUT2D eigenvalue weighted by molar-refractivity contribution is 5.36. The molecule has 1 aliphatic rings. The molecule has 5 heteroatoms. The summed E-state index contributed by atoms with van der Waals surface area (Å²) in [5.41, 5.74) is 5.46. The third-order valence-electron chi connectivity index (χ3n) is 4.54. The van der Waals surface area contributed by atoms with Gasteiger partial charge in [-0.15, -0.1) is 0 Å². The average Bonchev–Trinajstić information content (AvgIpc) is 2.48. The van der Waals surface area contributed by atoms with Crippen LogP contribution in [-0.4, -0.2) is 56.7 Å². The number of nitrogens with one attached hydrogen (secondary N) is 1. The molecule has 0 aliphatic carbocycles. The van der Waals surface area contributed by atoms with Crippen LogP contribution in [-0.2, 0) is 0 Å². The van der Waals surface area contributed by atoms with Crippen LogP contribution in [0.5, 0.6) is 5.75 Å². The molecule has 21 heavy (non-hydrogen) atoms. The third kappa shape index (κ3) is 3.95. The van der Waals surface area contributed by atoms with Gasteiger partial charge in [0.1, 0.15) is 5.75 Å². The van der Waals surface area contributed by atoms with E-state index in [4.69, 9.17) is 10.6 Å². The van der Waals surface area contributed by atoms with Crippen molar-refractivity contribution in [3.05, 3.63) is 29.3 Å². The number of ether oxygens (including phenoxy) is 1. The summed E-state index contributed by atoms with van der Waals surface area (Å²) in [6.07, 6.45) is 1.00. The Morgan fingerprint density at radius 2 is 2.14 bits per heavy atom. The van der Waals surface area contributed by atoms with Gasteiger partial charge in [0.15, 0.2) is 0 Å². The fourth-order valence-electron chi connectivity index (χ4n) is 3.08. The minimum absolute atomic E-state index is 0.162. The first-order valence-corrected chi connectivity index (χ1v) is 7.54. The molecule has 0 amide bonds. The van der Waals surface area contributed by atoms with Crippen molar-refractivity contribution in [2.24, 2.45) is 5.84 Å². The maximum Gasteiger partial charge on any atom is 0.119 e. The first kappa shape index (κ1) is 16.2. The maximum absolute atomic E-state index is 5.83. The first-order valence-electron chi connectivity index (χ1n) is 7.54. The second kappa shape index (κ2) is 7.22. The van der Waals surface area contributed by atoms with Crippen molar-refractivity contribution in [1.29, 1.82) is 0 Å². The highest BCUT2D eigenvalue weighted by atomic mass is 16.5. The second-order valence-electron chi connectivity index (χ2n) is 6.07. The van der Waals surface area contributed by atoms with E-state index >= 15 is 0 Å². The quantitative estimate of drug-likeness (QED) is 0.630. The lowest BCUT2D eigenvalue weighted by molar-refractivity contribution is 0.101. The summed E-state index contributed by atoms with van der Waals surface area (Å²) in [7, 11) is 6.08. The van der Waals surface area contributed by atoms with Crippen LogP contribution in [0.15, 0.2) is 18.2 Å². The predicted molar refractivity (Wildman–Crippen MR) is 86.3 cm³/mol. The largest absolute Gasteiger partial charge is 0.497 e. The molecule has 1 aromatic carbocycles. The standard InChI is InChI=1S/C16H28N4O/c1-12-9-14(21-4)5-6-15(12)16(18-17)10-13-11-19(2)7-8-20(13)3/h5-6,9,13,16,18H,7-8,10-11,17H2,1-4H3. The molecule has 1 aliphatic heterocycles. The number of hydrogen-bond acceptors (Lipinski definition) is 5. The molecule has 1 aromatic rings. The van der Waals surface area contributed by atoms with Crippen molar-refractivity contribution in [2.45, 2.75) is 25.4 Å². The van der Waals surface area contributed by atoms with Gasteiger partial charge in [0, 0.05) is 31.7 Å². The Morgan fingerprint density at radius 1 is 1.38 bits per heavy atom. The van der Waals surface area contributed by atoms with Gasteiger partial charge < -0.3 is 14.5 Å². The molecule has 1 saturated heterocycles. The number of benzene rings is 1. The monoisotopic (exact) mass is 292 g/mol. The van der Waals surface area contributed by atoms with E-state index in [9.17, 15) is 0 Å². The Hall–Kier alpha value is -1.14. The van der Waals surface area contributed by atoms with Gasteiger partial charge in [0.2, 0.25) is 0 Å². The molecule has 0 spiro atoms. The molecule has 1 fully saturated rings. The van der Waals surface area contributed by atoms with Gasteiger partial charge in [0.25, 0.3) is 0 Å². The SMILES string of the molecule is COc1ccc(C(CC2CN(C)CCN2C)NN)c(C)c1. The van der Waals surface area contributed by atoms with Crippen LogP contribution in [0.3, 0.4) is 0 Å². The van der Waals surface area contributed by atoms with Gasteiger partial charge in [-0.25, -0.2) is 0 Å². The van der Waals surface area contributed by atoms with E-state index in [0.717, 1.165) is 31.8 Å². The number of methoxy groups -OCH3 is 1. The molecule has 0 saturated carbocycles. The molecular weight excluding hydrogens is 264 g/mol. The summed E-state index contributed by atoms with van der Waals surface area (Å²) in [6.45, 7) is 5.44. The minimum atomic E-state index is 0.162.